The summed E-state index contributed by atoms with van der Waals surface area (Å²) in [5.74, 6) is -1.35. The third-order valence-electron chi connectivity index (χ3n) is 2.64. The first kappa shape index (κ1) is 13.8. The van der Waals surface area contributed by atoms with E-state index >= 15 is 0 Å². The molecule has 3 unspecified atom stereocenters. The van der Waals surface area contributed by atoms with E-state index in [1.165, 1.54) is 25.3 Å². The van der Waals surface area contributed by atoms with Gasteiger partial charge < -0.3 is 4.74 Å². The number of halogens is 1. The highest BCUT2D eigenvalue weighted by Gasteiger charge is 2.26. The van der Waals surface area contributed by atoms with Crippen LogP contribution in [0.2, 0.25) is 0 Å². The lowest BCUT2D eigenvalue weighted by atomic mass is 10.1. The number of hydrogen-bond donors (Lipinski definition) is 0. The zero-order valence-electron chi connectivity index (χ0n) is 9.98. The summed E-state index contributed by atoms with van der Waals surface area (Å²) in [6, 6.07) is 5.59. The molecule has 0 spiro atoms. The lowest BCUT2D eigenvalue weighted by Gasteiger charge is -2.17. The van der Waals surface area contributed by atoms with Crippen molar-refractivity contribution < 1.29 is 18.1 Å². The minimum Gasteiger partial charge on any atom is -0.469 e. The maximum absolute atomic E-state index is 13.0. The Labute approximate surface area is 102 Å². The number of carbonyl (C=O) groups excluding carboxylic acids is 1. The molecule has 0 aliphatic carbocycles. The van der Waals surface area contributed by atoms with Crippen LogP contribution in [0.5, 0.6) is 0 Å². The van der Waals surface area contributed by atoms with Crippen LogP contribution in [0.4, 0.5) is 4.39 Å². The van der Waals surface area contributed by atoms with Crippen molar-refractivity contribution in [3.8, 4) is 0 Å². The molecular formula is C12H15FO3S. The maximum atomic E-state index is 13.0. The standard InChI is InChI=1S/C12H15FO3S/c1-8(12(14)16-3)9(2)17(15)11-6-4-5-10(13)7-11/h4-9H,1-3H3. The summed E-state index contributed by atoms with van der Waals surface area (Å²) in [5, 5.41) is -0.427. The fourth-order valence-corrected chi connectivity index (χ4v) is 2.72. The molecule has 0 amide bonds. The largest absolute Gasteiger partial charge is 0.469 e. The second-order valence-corrected chi connectivity index (χ2v) is 5.58. The van der Waals surface area contributed by atoms with E-state index in [0.717, 1.165) is 0 Å². The van der Waals surface area contributed by atoms with Crippen LogP contribution in [0.1, 0.15) is 13.8 Å². The van der Waals surface area contributed by atoms with Crippen LogP contribution in [0.15, 0.2) is 29.2 Å². The number of esters is 1. The van der Waals surface area contributed by atoms with Crippen LogP contribution in [0.25, 0.3) is 0 Å². The van der Waals surface area contributed by atoms with Crippen LogP contribution in [-0.2, 0) is 20.3 Å². The molecule has 0 N–H and O–H groups in total. The van der Waals surface area contributed by atoms with Crippen LogP contribution in [0.3, 0.4) is 0 Å². The molecule has 0 aromatic heterocycles. The zero-order valence-corrected chi connectivity index (χ0v) is 10.8. The molecule has 0 heterocycles. The van der Waals surface area contributed by atoms with Gasteiger partial charge in [-0.25, -0.2) is 4.39 Å². The second-order valence-electron chi connectivity index (χ2n) is 3.77. The maximum Gasteiger partial charge on any atom is 0.309 e. The molecule has 0 fully saturated rings. The van der Waals surface area contributed by atoms with Crippen LogP contribution < -0.4 is 0 Å². The van der Waals surface area contributed by atoms with E-state index in [2.05, 4.69) is 4.74 Å². The van der Waals surface area contributed by atoms with Crippen LogP contribution in [0, 0.1) is 11.7 Å². The van der Waals surface area contributed by atoms with E-state index in [-0.39, 0.29) is 0 Å². The Morgan fingerprint density at radius 2 is 2.06 bits per heavy atom. The average molecular weight is 258 g/mol. The first-order valence-electron chi connectivity index (χ1n) is 5.21. The van der Waals surface area contributed by atoms with Crippen LogP contribution in [-0.4, -0.2) is 22.5 Å². The minimum atomic E-state index is -1.43. The molecule has 0 bridgehead atoms. The van der Waals surface area contributed by atoms with E-state index in [0.29, 0.717) is 4.90 Å². The molecule has 94 valence electrons. The molecule has 0 saturated heterocycles. The topological polar surface area (TPSA) is 43.4 Å². The monoisotopic (exact) mass is 258 g/mol. The molecule has 0 aliphatic heterocycles. The SMILES string of the molecule is COC(=O)C(C)C(C)S(=O)c1cccc(F)c1. The highest BCUT2D eigenvalue weighted by Crippen LogP contribution is 2.19. The van der Waals surface area contributed by atoms with Gasteiger partial charge in [-0.05, 0) is 25.1 Å². The smallest absolute Gasteiger partial charge is 0.309 e. The van der Waals surface area contributed by atoms with Crippen molar-refractivity contribution in [3.05, 3.63) is 30.1 Å². The first-order chi connectivity index (χ1) is 7.97. The Morgan fingerprint density at radius 3 is 2.59 bits per heavy atom. The minimum absolute atomic E-state index is 0.383. The second kappa shape index (κ2) is 5.91. The van der Waals surface area contributed by atoms with Gasteiger partial charge >= 0.3 is 5.97 Å². The summed E-state index contributed by atoms with van der Waals surface area (Å²) in [6.45, 7) is 3.33. The molecular weight excluding hydrogens is 243 g/mol. The highest BCUT2D eigenvalue weighted by atomic mass is 32.2. The van der Waals surface area contributed by atoms with E-state index in [1.54, 1.807) is 19.9 Å². The van der Waals surface area contributed by atoms with Gasteiger partial charge in [0.1, 0.15) is 5.82 Å². The number of carbonyl (C=O) groups is 1. The van der Waals surface area contributed by atoms with Crippen molar-refractivity contribution in [3.63, 3.8) is 0 Å². The fraction of sp³-hybridized carbons (Fsp3) is 0.417. The summed E-state index contributed by atoms with van der Waals surface area (Å²) in [7, 11) is -0.143. The van der Waals surface area contributed by atoms with Gasteiger partial charge in [0, 0.05) is 10.1 Å². The third-order valence-corrected chi connectivity index (χ3v) is 4.45. The van der Waals surface area contributed by atoms with Gasteiger partial charge in [0.2, 0.25) is 0 Å². The molecule has 3 nitrogen and oxygen atoms in total. The Bertz CT molecular complexity index is 434. The third kappa shape index (κ3) is 3.36. The van der Waals surface area contributed by atoms with E-state index in [1.807, 2.05) is 0 Å². The van der Waals surface area contributed by atoms with Gasteiger partial charge in [-0.3, -0.25) is 9.00 Å². The number of rotatable bonds is 4. The summed E-state index contributed by atoms with van der Waals surface area (Å²) < 4.78 is 29.7. The van der Waals surface area contributed by atoms with Gasteiger partial charge in [0.25, 0.3) is 0 Å². The lowest BCUT2D eigenvalue weighted by Crippen LogP contribution is -2.28. The van der Waals surface area contributed by atoms with Crippen molar-refractivity contribution in [2.75, 3.05) is 7.11 Å². The normalized spacial score (nSPS) is 16.0. The highest BCUT2D eigenvalue weighted by molar-refractivity contribution is 7.85. The van der Waals surface area contributed by atoms with Crippen molar-refractivity contribution in [1.29, 1.82) is 0 Å². The quantitative estimate of drug-likeness (QED) is 0.777. The van der Waals surface area contributed by atoms with Gasteiger partial charge in [-0.2, -0.15) is 0 Å². The Kier molecular flexibility index (Phi) is 4.81. The molecule has 3 atom stereocenters. The van der Waals surface area contributed by atoms with E-state index in [9.17, 15) is 13.4 Å². The van der Waals surface area contributed by atoms with E-state index < -0.39 is 33.8 Å². The summed E-state index contributed by atoms with van der Waals surface area (Å²) in [5.41, 5.74) is 0. The molecule has 1 aromatic carbocycles. The molecule has 1 aromatic rings. The Balaban J connectivity index is 2.86. The molecule has 1 rings (SSSR count). The van der Waals surface area contributed by atoms with Crippen LogP contribution >= 0.6 is 0 Å². The van der Waals surface area contributed by atoms with Gasteiger partial charge in [-0.15, -0.1) is 0 Å². The van der Waals surface area contributed by atoms with Crippen molar-refractivity contribution in [2.24, 2.45) is 5.92 Å². The molecule has 0 radical (unpaired) electrons. The predicted molar refractivity (Wildman–Crippen MR) is 63.5 cm³/mol. The van der Waals surface area contributed by atoms with Crippen molar-refractivity contribution in [1.82, 2.24) is 0 Å². The zero-order chi connectivity index (χ0) is 13.0. The lowest BCUT2D eigenvalue weighted by molar-refractivity contribution is -0.144. The Hall–Kier alpha value is -1.23. The Morgan fingerprint density at radius 1 is 1.41 bits per heavy atom. The molecule has 0 saturated carbocycles. The first-order valence-corrected chi connectivity index (χ1v) is 6.42. The molecule has 0 aliphatic rings. The summed E-state index contributed by atoms with van der Waals surface area (Å²) in [6.07, 6.45) is 0. The predicted octanol–water partition coefficient (Wildman–Crippen LogP) is 2.13. The number of benzene rings is 1. The molecule has 17 heavy (non-hydrogen) atoms. The molecule has 5 heteroatoms. The summed E-state index contributed by atoms with van der Waals surface area (Å²) >= 11 is 0. The van der Waals surface area contributed by atoms with E-state index in [4.69, 9.17) is 0 Å². The number of methoxy groups -OCH3 is 1. The van der Waals surface area contributed by atoms with Crippen molar-refractivity contribution in [2.45, 2.75) is 24.0 Å². The van der Waals surface area contributed by atoms with Gasteiger partial charge in [0.05, 0.1) is 23.8 Å². The number of hydrogen-bond acceptors (Lipinski definition) is 3. The number of ether oxygens (including phenoxy) is 1. The average Bonchev–Trinajstić information content (AvgIpc) is 2.35. The van der Waals surface area contributed by atoms with Gasteiger partial charge in [0.15, 0.2) is 0 Å². The summed E-state index contributed by atoms with van der Waals surface area (Å²) in [4.78, 5) is 11.7. The fourth-order valence-electron chi connectivity index (χ4n) is 1.37. The van der Waals surface area contributed by atoms with Gasteiger partial charge in [-0.1, -0.05) is 13.0 Å². The van der Waals surface area contributed by atoms with Crippen molar-refractivity contribution >= 4 is 16.8 Å².